The molecule has 5 aromatic carbocycles. The summed E-state index contributed by atoms with van der Waals surface area (Å²) in [4.78, 5) is 2.38. The van der Waals surface area contributed by atoms with E-state index in [2.05, 4.69) is 157 Å². The Morgan fingerprint density at radius 3 is 1.39 bits per heavy atom. The van der Waals surface area contributed by atoms with Gasteiger partial charge >= 0.3 is 0 Å². The van der Waals surface area contributed by atoms with Crippen molar-refractivity contribution in [2.45, 2.75) is 25.7 Å². The van der Waals surface area contributed by atoms with Gasteiger partial charge in [-0.25, -0.2) is 0 Å². The van der Waals surface area contributed by atoms with E-state index in [0.29, 0.717) is 0 Å². The van der Waals surface area contributed by atoms with E-state index in [4.69, 9.17) is 0 Å². The summed E-state index contributed by atoms with van der Waals surface area (Å²) in [6, 6.07) is 45.6. The highest BCUT2D eigenvalue weighted by Gasteiger charge is 2.16. The number of anilines is 3. The third kappa shape index (κ3) is 6.83. The van der Waals surface area contributed by atoms with Crippen molar-refractivity contribution in [2.75, 3.05) is 4.90 Å². The quantitative estimate of drug-likeness (QED) is 0.143. The van der Waals surface area contributed by atoms with Crippen LogP contribution in [0, 0.1) is 0 Å². The standard InChI is InChI=1S/C40H35N/c1-3-11-32(12-4-1)15-7-8-16-34-21-26-38(27-22-34)41(40-30-25-36-17-9-10-18-37(36)31-40)39-28-23-35(24-29-39)20-19-33-13-5-2-6-14-33/h1-8,11-16,19-31H,9-10,17-18H2. The van der Waals surface area contributed by atoms with Gasteiger partial charge in [-0.3, -0.25) is 0 Å². The summed E-state index contributed by atoms with van der Waals surface area (Å²) in [6.45, 7) is 0. The van der Waals surface area contributed by atoms with Crippen LogP contribution in [0.3, 0.4) is 0 Å². The van der Waals surface area contributed by atoms with Gasteiger partial charge in [-0.15, -0.1) is 0 Å². The van der Waals surface area contributed by atoms with Crippen LogP contribution in [0.1, 0.15) is 46.2 Å². The number of allylic oxidation sites excluding steroid dienone is 2. The average molecular weight is 530 g/mol. The van der Waals surface area contributed by atoms with Gasteiger partial charge in [0, 0.05) is 17.1 Å². The van der Waals surface area contributed by atoms with Crippen molar-refractivity contribution in [1.82, 2.24) is 0 Å². The Labute approximate surface area is 244 Å². The maximum atomic E-state index is 2.40. The Morgan fingerprint density at radius 1 is 0.390 bits per heavy atom. The van der Waals surface area contributed by atoms with Crippen molar-refractivity contribution in [3.8, 4) is 0 Å². The highest BCUT2D eigenvalue weighted by atomic mass is 15.1. The Hall–Kier alpha value is -4.88. The summed E-state index contributed by atoms with van der Waals surface area (Å²) in [5, 5.41) is 0. The first-order valence-electron chi connectivity index (χ1n) is 14.6. The van der Waals surface area contributed by atoms with Gasteiger partial charge in [0.25, 0.3) is 0 Å². The van der Waals surface area contributed by atoms with Crippen LogP contribution >= 0.6 is 0 Å². The molecule has 6 rings (SSSR count). The SMILES string of the molecule is C(C=Cc1ccc(N(c2ccc(C=Cc3ccccc3)cc2)c2ccc3c(c2)CCCC3)cc1)=Cc1ccccc1. The number of hydrogen-bond donors (Lipinski definition) is 0. The summed E-state index contributed by atoms with van der Waals surface area (Å²) in [6.07, 6.45) is 17.7. The van der Waals surface area contributed by atoms with Gasteiger partial charge in [-0.2, -0.15) is 0 Å². The van der Waals surface area contributed by atoms with E-state index in [0.717, 1.165) is 11.4 Å². The zero-order chi connectivity index (χ0) is 27.7. The molecule has 0 spiro atoms. The molecule has 0 atom stereocenters. The molecule has 1 aliphatic rings. The Bertz CT molecular complexity index is 1640. The second kappa shape index (κ2) is 13.0. The fourth-order valence-corrected chi connectivity index (χ4v) is 5.43. The summed E-state index contributed by atoms with van der Waals surface area (Å²) >= 11 is 0. The van der Waals surface area contributed by atoms with E-state index < -0.39 is 0 Å². The lowest BCUT2D eigenvalue weighted by atomic mass is 9.91. The molecule has 0 aromatic heterocycles. The fourth-order valence-electron chi connectivity index (χ4n) is 5.43. The molecule has 0 heterocycles. The molecule has 1 aliphatic carbocycles. The van der Waals surface area contributed by atoms with Crippen molar-refractivity contribution >= 4 is 41.4 Å². The monoisotopic (exact) mass is 529 g/mol. The van der Waals surface area contributed by atoms with E-state index >= 15 is 0 Å². The van der Waals surface area contributed by atoms with Gasteiger partial charge in [0.1, 0.15) is 0 Å². The number of hydrogen-bond acceptors (Lipinski definition) is 1. The topological polar surface area (TPSA) is 3.24 Å². The van der Waals surface area contributed by atoms with Crippen LogP contribution in [-0.4, -0.2) is 0 Å². The number of fused-ring (bicyclic) bond motifs is 1. The summed E-state index contributed by atoms with van der Waals surface area (Å²) in [5.41, 5.74) is 11.3. The van der Waals surface area contributed by atoms with Gasteiger partial charge < -0.3 is 4.90 Å². The number of benzene rings is 5. The maximum Gasteiger partial charge on any atom is 0.0464 e. The van der Waals surface area contributed by atoms with Gasteiger partial charge in [0.05, 0.1) is 0 Å². The van der Waals surface area contributed by atoms with E-state index in [1.165, 1.54) is 64.8 Å². The van der Waals surface area contributed by atoms with Gasteiger partial charge in [-0.1, -0.05) is 127 Å². The van der Waals surface area contributed by atoms with Crippen molar-refractivity contribution in [3.63, 3.8) is 0 Å². The summed E-state index contributed by atoms with van der Waals surface area (Å²) < 4.78 is 0. The van der Waals surface area contributed by atoms with Crippen molar-refractivity contribution in [2.24, 2.45) is 0 Å². The van der Waals surface area contributed by atoms with Crippen molar-refractivity contribution in [1.29, 1.82) is 0 Å². The van der Waals surface area contributed by atoms with Crippen LogP contribution in [0.15, 0.2) is 140 Å². The molecule has 0 unspecified atom stereocenters. The highest BCUT2D eigenvalue weighted by molar-refractivity contribution is 5.79. The minimum atomic E-state index is 1.16. The zero-order valence-electron chi connectivity index (χ0n) is 23.4. The van der Waals surface area contributed by atoms with Crippen LogP contribution < -0.4 is 4.90 Å². The molecule has 0 aliphatic heterocycles. The third-order valence-electron chi connectivity index (χ3n) is 7.65. The molecule has 0 saturated heterocycles. The summed E-state index contributed by atoms with van der Waals surface area (Å²) in [7, 11) is 0. The molecule has 5 aromatic rings. The van der Waals surface area contributed by atoms with E-state index in [9.17, 15) is 0 Å². The second-order valence-corrected chi connectivity index (χ2v) is 10.6. The molecule has 0 N–H and O–H groups in total. The minimum absolute atomic E-state index is 1.16. The van der Waals surface area contributed by atoms with Crippen LogP contribution in [0.25, 0.3) is 24.3 Å². The molecule has 0 amide bonds. The Balaban J connectivity index is 1.27. The number of rotatable bonds is 8. The molecule has 0 radical (unpaired) electrons. The number of nitrogens with zero attached hydrogens (tertiary/aromatic N) is 1. The van der Waals surface area contributed by atoms with Crippen LogP contribution in [0.4, 0.5) is 17.1 Å². The minimum Gasteiger partial charge on any atom is -0.310 e. The van der Waals surface area contributed by atoms with Gasteiger partial charge in [-0.05, 0) is 95.5 Å². The average Bonchev–Trinajstić information content (AvgIpc) is 3.04. The molecule has 1 heteroatoms. The highest BCUT2D eigenvalue weighted by Crippen LogP contribution is 2.37. The first kappa shape index (κ1) is 26.3. The van der Waals surface area contributed by atoms with Crippen LogP contribution in [0.2, 0.25) is 0 Å². The van der Waals surface area contributed by atoms with Gasteiger partial charge in [0.2, 0.25) is 0 Å². The predicted molar refractivity (Wildman–Crippen MR) is 178 cm³/mol. The molecule has 0 bridgehead atoms. The van der Waals surface area contributed by atoms with E-state index in [1.807, 2.05) is 12.1 Å². The molecule has 1 nitrogen and oxygen atoms in total. The van der Waals surface area contributed by atoms with Crippen molar-refractivity contribution < 1.29 is 0 Å². The van der Waals surface area contributed by atoms with Gasteiger partial charge in [0.15, 0.2) is 0 Å². The zero-order valence-corrected chi connectivity index (χ0v) is 23.4. The molecule has 0 saturated carbocycles. The lowest BCUT2D eigenvalue weighted by molar-refractivity contribution is 0.685. The lowest BCUT2D eigenvalue weighted by Gasteiger charge is -2.27. The molecular formula is C40H35N. The first-order chi connectivity index (χ1) is 20.3. The van der Waals surface area contributed by atoms with Crippen LogP contribution in [-0.2, 0) is 12.8 Å². The molecule has 200 valence electrons. The molecule has 0 fully saturated rings. The predicted octanol–water partition coefficient (Wildman–Crippen LogP) is 10.9. The fraction of sp³-hybridized carbons (Fsp3) is 0.100. The van der Waals surface area contributed by atoms with Crippen molar-refractivity contribution in [3.05, 3.63) is 173 Å². The third-order valence-corrected chi connectivity index (χ3v) is 7.65. The van der Waals surface area contributed by atoms with E-state index in [1.54, 1.807) is 0 Å². The number of aryl methyl sites for hydroxylation is 2. The molecular weight excluding hydrogens is 494 g/mol. The maximum absolute atomic E-state index is 2.40. The first-order valence-corrected chi connectivity index (χ1v) is 14.6. The van der Waals surface area contributed by atoms with Crippen LogP contribution in [0.5, 0.6) is 0 Å². The Morgan fingerprint density at radius 2 is 0.829 bits per heavy atom. The summed E-state index contributed by atoms with van der Waals surface area (Å²) in [5.74, 6) is 0. The lowest BCUT2D eigenvalue weighted by Crippen LogP contribution is -2.12. The molecule has 41 heavy (non-hydrogen) atoms. The second-order valence-electron chi connectivity index (χ2n) is 10.6. The Kier molecular flexibility index (Phi) is 8.34. The largest absolute Gasteiger partial charge is 0.310 e. The smallest absolute Gasteiger partial charge is 0.0464 e. The normalized spacial score (nSPS) is 13.2. The van der Waals surface area contributed by atoms with E-state index in [-0.39, 0.29) is 0 Å².